The molecule has 0 saturated heterocycles. The number of carboxylic acids is 1. The first-order chi connectivity index (χ1) is 6.00. The van der Waals surface area contributed by atoms with Crippen molar-refractivity contribution in [2.24, 2.45) is 5.73 Å². The highest BCUT2D eigenvalue weighted by atomic mass is 127. The maximum absolute atomic E-state index is 10.7. The van der Waals surface area contributed by atoms with Crippen LogP contribution in [0.3, 0.4) is 0 Å². The first-order valence-electron chi connectivity index (χ1n) is 3.25. The second-order valence-corrected chi connectivity index (χ2v) is 3.44. The van der Waals surface area contributed by atoms with Gasteiger partial charge in [-0.3, -0.25) is 14.3 Å². The Hall–Kier alpha value is -1.12. The fourth-order valence-electron chi connectivity index (χ4n) is 0.784. The van der Waals surface area contributed by atoms with Crippen LogP contribution in [0.5, 0.6) is 0 Å². The number of aromatic nitrogens is 2. The van der Waals surface area contributed by atoms with E-state index in [-0.39, 0.29) is 12.2 Å². The Labute approximate surface area is 86.9 Å². The van der Waals surface area contributed by atoms with Crippen LogP contribution >= 0.6 is 22.6 Å². The number of primary amides is 1. The largest absolute Gasteiger partial charge is 0.480 e. The Morgan fingerprint density at radius 2 is 2.31 bits per heavy atom. The van der Waals surface area contributed by atoms with Crippen LogP contribution in [0.2, 0.25) is 0 Å². The Morgan fingerprint density at radius 3 is 2.69 bits per heavy atom. The predicted octanol–water partition coefficient (Wildman–Crippen LogP) is -0.329. The molecule has 13 heavy (non-hydrogen) atoms. The Morgan fingerprint density at radius 1 is 1.69 bits per heavy atom. The highest BCUT2D eigenvalue weighted by molar-refractivity contribution is 14.1. The van der Waals surface area contributed by atoms with Crippen LogP contribution in [0, 0.1) is 3.57 Å². The number of hydrogen-bond donors (Lipinski definition) is 2. The molecule has 0 aliphatic rings. The van der Waals surface area contributed by atoms with E-state index in [2.05, 4.69) is 5.10 Å². The lowest BCUT2D eigenvalue weighted by molar-refractivity contribution is -0.137. The molecule has 0 radical (unpaired) electrons. The van der Waals surface area contributed by atoms with Gasteiger partial charge in [0.05, 0.1) is 3.57 Å². The zero-order chi connectivity index (χ0) is 10.0. The summed E-state index contributed by atoms with van der Waals surface area (Å²) in [4.78, 5) is 21.0. The van der Waals surface area contributed by atoms with E-state index in [0.29, 0.717) is 3.57 Å². The minimum atomic E-state index is -1.02. The number of nitrogens with zero attached hydrogens (tertiary/aromatic N) is 2. The Balaban J connectivity index is 2.95. The fraction of sp³-hybridized carbons (Fsp3) is 0.167. The molecule has 0 spiro atoms. The molecular formula is C6H6IN3O3. The van der Waals surface area contributed by atoms with Crippen LogP contribution < -0.4 is 5.73 Å². The maximum Gasteiger partial charge on any atom is 0.325 e. The normalized spacial score (nSPS) is 9.92. The number of carbonyl (C=O) groups excluding carboxylic acids is 1. The van der Waals surface area contributed by atoms with E-state index in [1.54, 1.807) is 0 Å². The zero-order valence-corrected chi connectivity index (χ0v) is 8.56. The van der Waals surface area contributed by atoms with E-state index >= 15 is 0 Å². The molecule has 0 bridgehead atoms. The average molecular weight is 295 g/mol. The molecule has 70 valence electrons. The van der Waals surface area contributed by atoms with Gasteiger partial charge in [0.2, 0.25) is 0 Å². The lowest BCUT2D eigenvalue weighted by Crippen LogP contribution is -2.15. The highest BCUT2D eigenvalue weighted by Crippen LogP contribution is 2.08. The summed E-state index contributed by atoms with van der Waals surface area (Å²) in [6, 6.07) is 0. The van der Waals surface area contributed by atoms with Gasteiger partial charge in [-0.15, -0.1) is 0 Å². The highest BCUT2D eigenvalue weighted by Gasteiger charge is 2.12. The lowest BCUT2D eigenvalue weighted by Gasteiger charge is -1.92. The van der Waals surface area contributed by atoms with Crippen LogP contribution in [0.25, 0.3) is 0 Å². The first kappa shape index (κ1) is 9.96. The van der Waals surface area contributed by atoms with E-state index in [1.165, 1.54) is 6.20 Å². The molecule has 0 unspecified atom stereocenters. The minimum absolute atomic E-state index is 0.0989. The smallest absolute Gasteiger partial charge is 0.325 e. The first-order valence-corrected chi connectivity index (χ1v) is 4.33. The summed E-state index contributed by atoms with van der Waals surface area (Å²) in [5.41, 5.74) is 5.09. The molecule has 6 nitrogen and oxygen atoms in total. The standard InChI is InChI=1S/C6H6IN3O3/c7-3-1-10(2-4(11)12)9-5(3)6(8)13/h1H,2H2,(H2,8,13)(H,11,12). The van der Waals surface area contributed by atoms with Crippen LogP contribution in [0.4, 0.5) is 0 Å². The zero-order valence-electron chi connectivity index (χ0n) is 6.40. The number of carboxylic acid groups (broad SMARTS) is 1. The molecule has 0 fully saturated rings. The van der Waals surface area contributed by atoms with Crippen LogP contribution in [-0.2, 0) is 11.3 Å². The fourth-order valence-corrected chi connectivity index (χ4v) is 1.48. The molecule has 0 aromatic carbocycles. The van der Waals surface area contributed by atoms with E-state index in [4.69, 9.17) is 10.8 Å². The van der Waals surface area contributed by atoms with Crippen molar-refractivity contribution in [3.8, 4) is 0 Å². The Kier molecular flexibility index (Phi) is 2.86. The van der Waals surface area contributed by atoms with Crippen molar-refractivity contribution >= 4 is 34.5 Å². The Bertz CT molecular complexity index is 360. The van der Waals surface area contributed by atoms with Gasteiger partial charge < -0.3 is 10.8 Å². The van der Waals surface area contributed by atoms with Gasteiger partial charge in [0, 0.05) is 6.20 Å². The summed E-state index contributed by atoms with van der Waals surface area (Å²) >= 11 is 1.87. The lowest BCUT2D eigenvalue weighted by atomic mass is 10.4. The van der Waals surface area contributed by atoms with Gasteiger partial charge in [-0.2, -0.15) is 5.10 Å². The van der Waals surface area contributed by atoms with Gasteiger partial charge in [-0.05, 0) is 22.6 Å². The molecule has 0 aliphatic heterocycles. The van der Waals surface area contributed by atoms with E-state index in [9.17, 15) is 9.59 Å². The second-order valence-electron chi connectivity index (χ2n) is 2.28. The van der Waals surface area contributed by atoms with Crippen molar-refractivity contribution in [2.45, 2.75) is 6.54 Å². The molecule has 1 rings (SSSR count). The summed E-state index contributed by atoms with van der Waals surface area (Å²) in [6.07, 6.45) is 1.45. The molecule has 0 saturated carbocycles. The van der Waals surface area contributed by atoms with Crippen LogP contribution in [-0.4, -0.2) is 26.8 Å². The third kappa shape index (κ3) is 2.41. The summed E-state index contributed by atoms with van der Waals surface area (Å²) < 4.78 is 1.70. The number of aliphatic carboxylic acids is 1. The molecular weight excluding hydrogens is 289 g/mol. The van der Waals surface area contributed by atoms with Crippen molar-refractivity contribution in [2.75, 3.05) is 0 Å². The molecule has 1 aromatic heterocycles. The second kappa shape index (κ2) is 3.73. The number of halogens is 1. The van der Waals surface area contributed by atoms with Gasteiger partial charge in [0.1, 0.15) is 6.54 Å². The van der Waals surface area contributed by atoms with Crippen molar-refractivity contribution in [1.82, 2.24) is 9.78 Å². The van der Waals surface area contributed by atoms with Gasteiger partial charge in [0.25, 0.3) is 5.91 Å². The van der Waals surface area contributed by atoms with Gasteiger partial charge >= 0.3 is 5.97 Å². The summed E-state index contributed by atoms with van der Waals surface area (Å²) in [6.45, 7) is -0.275. The SMILES string of the molecule is NC(=O)c1nn(CC(=O)O)cc1I. The van der Waals surface area contributed by atoms with Crippen molar-refractivity contribution < 1.29 is 14.7 Å². The summed E-state index contributed by atoms with van der Waals surface area (Å²) in [5, 5.41) is 12.1. The van der Waals surface area contributed by atoms with E-state index in [1.807, 2.05) is 22.6 Å². The number of amides is 1. The molecule has 1 heterocycles. The monoisotopic (exact) mass is 295 g/mol. The quantitative estimate of drug-likeness (QED) is 0.746. The average Bonchev–Trinajstić information content (AvgIpc) is 2.29. The number of hydrogen-bond acceptors (Lipinski definition) is 3. The minimum Gasteiger partial charge on any atom is -0.480 e. The van der Waals surface area contributed by atoms with E-state index < -0.39 is 11.9 Å². The molecule has 7 heteroatoms. The molecule has 1 aromatic rings. The summed E-state index contributed by atoms with van der Waals surface area (Å²) in [5.74, 6) is -1.68. The molecule has 3 N–H and O–H groups in total. The van der Waals surface area contributed by atoms with Gasteiger partial charge in [-0.25, -0.2) is 0 Å². The van der Waals surface area contributed by atoms with Crippen molar-refractivity contribution in [3.63, 3.8) is 0 Å². The van der Waals surface area contributed by atoms with Crippen molar-refractivity contribution in [1.29, 1.82) is 0 Å². The third-order valence-electron chi connectivity index (χ3n) is 1.25. The van der Waals surface area contributed by atoms with Crippen LogP contribution in [0.15, 0.2) is 6.20 Å². The molecule has 0 atom stereocenters. The van der Waals surface area contributed by atoms with Gasteiger partial charge in [0.15, 0.2) is 5.69 Å². The molecule has 1 amide bonds. The topological polar surface area (TPSA) is 98.2 Å². The predicted molar refractivity (Wildman–Crippen MR) is 51.1 cm³/mol. The summed E-state index contributed by atoms with van der Waals surface area (Å²) in [7, 11) is 0. The number of rotatable bonds is 3. The van der Waals surface area contributed by atoms with Gasteiger partial charge in [-0.1, -0.05) is 0 Å². The van der Waals surface area contributed by atoms with Crippen molar-refractivity contribution in [3.05, 3.63) is 15.5 Å². The van der Waals surface area contributed by atoms with Crippen LogP contribution in [0.1, 0.15) is 10.5 Å². The third-order valence-corrected chi connectivity index (χ3v) is 2.04. The number of nitrogens with two attached hydrogens (primary N) is 1. The number of carbonyl (C=O) groups is 2. The molecule has 0 aliphatic carbocycles. The maximum atomic E-state index is 10.7. The van der Waals surface area contributed by atoms with E-state index in [0.717, 1.165) is 4.68 Å².